The van der Waals surface area contributed by atoms with Crippen LogP contribution < -0.4 is 0 Å². The Morgan fingerprint density at radius 2 is 2.30 bits per heavy atom. The number of thiol groups is 2. The average molecular weight is 197 g/mol. The SMILES string of the molecule is FC1=C(S)CC(S)C=C1Cl. The molecule has 0 aromatic heterocycles. The van der Waals surface area contributed by atoms with E-state index in [0.29, 0.717) is 11.3 Å². The van der Waals surface area contributed by atoms with Crippen LogP contribution >= 0.6 is 36.9 Å². The van der Waals surface area contributed by atoms with E-state index in [1.54, 1.807) is 6.08 Å². The molecule has 0 aliphatic heterocycles. The Bertz CT molecular complexity index is 210. The second-order valence-electron chi connectivity index (χ2n) is 2.05. The van der Waals surface area contributed by atoms with Crippen molar-refractivity contribution >= 4 is 36.9 Å². The lowest BCUT2D eigenvalue weighted by atomic mass is 10.2. The maximum Gasteiger partial charge on any atom is 0.150 e. The van der Waals surface area contributed by atoms with Crippen molar-refractivity contribution in [2.75, 3.05) is 0 Å². The van der Waals surface area contributed by atoms with Gasteiger partial charge in [-0.2, -0.15) is 12.6 Å². The second-order valence-corrected chi connectivity index (χ2v) is 3.66. The standard InChI is InChI=1S/C6H6ClFS2/c7-4-1-3(9)2-5(10)6(4)8/h1,3,9-10H,2H2. The topological polar surface area (TPSA) is 0 Å². The van der Waals surface area contributed by atoms with Gasteiger partial charge in [-0.05, 0) is 12.5 Å². The van der Waals surface area contributed by atoms with E-state index in [0.717, 1.165) is 0 Å². The van der Waals surface area contributed by atoms with Crippen LogP contribution in [0.1, 0.15) is 6.42 Å². The van der Waals surface area contributed by atoms with Crippen LogP contribution in [0.25, 0.3) is 0 Å². The molecule has 10 heavy (non-hydrogen) atoms. The summed E-state index contributed by atoms with van der Waals surface area (Å²) in [5.74, 6) is -0.421. The third-order valence-electron chi connectivity index (χ3n) is 1.20. The van der Waals surface area contributed by atoms with E-state index in [2.05, 4.69) is 25.3 Å². The Hall–Kier alpha value is 0.400. The lowest BCUT2D eigenvalue weighted by molar-refractivity contribution is 0.645. The number of halogens is 2. The van der Waals surface area contributed by atoms with Crippen molar-refractivity contribution in [1.82, 2.24) is 0 Å². The molecule has 1 aliphatic rings. The molecule has 0 spiro atoms. The normalized spacial score (nSPS) is 26.8. The van der Waals surface area contributed by atoms with Crippen LogP contribution in [0, 0.1) is 0 Å². The van der Waals surface area contributed by atoms with Crippen molar-refractivity contribution in [2.24, 2.45) is 0 Å². The quantitative estimate of drug-likeness (QED) is 0.547. The fraction of sp³-hybridized carbons (Fsp3) is 0.333. The average Bonchev–Trinajstić information content (AvgIpc) is 1.82. The Labute approximate surface area is 75.0 Å². The van der Waals surface area contributed by atoms with Gasteiger partial charge in [-0.1, -0.05) is 11.6 Å². The Kier molecular flexibility index (Phi) is 2.72. The Morgan fingerprint density at radius 3 is 2.80 bits per heavy atom. The van der Waals surface area contributed by atoms with Crippen molar-refractivity contribution < 1.29 is 4.39 Å². The van der Waals surface area contributed by atoms with Crippen molar-refractivity contribution in [3.63, 3.8) is 0 Å². The van der Waals surface area contributed by atoms with E-state index in [-0.39, 0.29) is 10.3 Å². The third-order valence-corrected chi connectivity index (χ3v) is 2.21. The lowest BCUT2D eigenvalue weighted by Crippen LogP contribution is -2.01. The Morgan fingerprint density at radius 1 is 1.70 bits per heavy atom. The molecule has 0 fully saturated rings. The fourth-order valence-corrected chi connectivity index (χ4v) is 1.94. The van der Waals surface area contributed by atoms with Gasteiger partial charge in [-0.3, -0.25) is 0 Å². The molecule has 1 aliphatic carbocycles. The maximum atomic E-state index is 12.7. The molecule has 4 heteroatoms. The first-order valence-electron chi connectivity index (χ1n) is 2.74. The van der Waals surface area contributed by atoms with Crippen LogP contribution in [0.3, 0.4) is 0 Å². The van der Waals surface area contributed by atoms with Gasteiger partial charge in [0, 0.05) is 10.2 Å². The van der Waals surface area contributed by atoms with Crippen LogP contribution in [0.15, 0.2) is 21.8 Å². The van der Waals surface area contributed by atoms with Crippen LogP contribution in [-0.2, 0) is 0 Å². The molecular formula is C6H6ClFS2. The highest BCUT2D eigenvalue weighted by molar-refractivity contribution is 7.84. The number of allylic oxidation sites excluding steroid dienone is 3. The van der Waals surface area contributed by atoms with Gasteiger partial charge >= 0.3 is 0 Å². The largest absolute Gasteiger partial charge is 0.205 e. The monoisotopic (exact) mass is 196 g/mol. The van der Waals surface area contributed by atoms with E-state index in [9.17, 15) is 4.39 Å². The van der Waals surface area contributed by atoms with E-state index >= 15 is 0 Å². The zero-order chi connectivity index (χ0) is 7.72. The van der Waals surface area contributed by atoms with Crippen LogP contribution in [-0.4, -0.2) is 5.25 Å². The Balaban J connectivity index is 2.90. The minimum Gasteiger partial charge on any atom is -0.205 e. The van der Waals surface area contributed by atoms with E-state index < -0.39 is 5.83 Å². The minimum absolute atomic E-state index is 0.000463. The van der Waals surface area contributed by atoms with Gasteiger partial charge in [0.1, 0.15) is 0 Å². The molecule has 0 bridgehead atoms. The molecule has 1 rings (SSSR count). The molecule has 0 aromatic rings. The summed E-state index contributed by atoms with van der Waals surface area (Å²) in [6, 6.07) is 0. The highest BCUT2D eigenvalue weighted by atomic mass is 35.5. The highest BCUT2D eigenvalue weighted by Gasteiger charge is 2.16. The molecule has 56 valence electrons. The molecule has 0 nitrogen and oxygen atoms in total. The summed E-state index contributed by atoms with van der Waals surface area (Å²) < 4.78 is 12.7. The van der Waals surface area contributed by atoms with Crippen LogP contribution in [0.5, 0.6) is 0 Å². The molecule has 0 saturated carbocycles. The van der Waals surface area contributed by atoms with E-state index in [4.69, 9.17) is 11.6 Å². The first-order valence-corrected chi connectivity index (χ1v) is 4.09. The second kappa shape index (κ2) is 3.20. The lowest BCUT2D eigenvalue weighted by Gasteiger charge is -2.12. The molecule has 0 heterocycles. The summed E-state index contributed by atoms with van der Waals surface area (Å²) in [5.41, 5.74) is 0. The predicted octanol–water partition coefficient (Wildman–Crippen LogP) is 2.92. The van der Waals surface area contributed by atoms with Gasteiger partial charge in [0.2, 0.25) is 0 Å². The summed E-state index contributed by atoms with van der Waals surface area (Å²) in [6.07, 6.45) is 2.09. The summed E-state index contributed by atoms with van der Waals surface area (Å²) in [5, 5.41) is 0.121. The third kappa shape index (κ3) is 1.71. The summed E-state index contributed by atoms with van der Waals surface area (Å²) in [7, 11) is 0. The summed E-state index contributed by atoms with van der Waals surface area (Å²) in [6.45, 7) is 0. The van der Waals surface area contributed by atoms with Crippen molar-refractivity contribution in [3.05, 3.63) is 21.8 Å². The maximum absolute atomic E-state index is 12.7. The molecule has 1 atom stereocenters. The van der Waals surface area contributed by atoms with Gasteiger partial charge in [0.15, 0.2) is 5.83 Å². The fourth-order valence-electron chi connectivity index (χ4n) is 0.727. The van der Waals surface area contributed by atoms with Gasteiger partial charge in [0.05, 0.1) is 5.03 Å². The molecule has 0 amide bonds. The molecule has 0 N–H and O–H groups in total. The van der Waals surface area contributed by atoms with Gasteiger partial charge in [-0.25, -0.2) is 4.39 Å². The van der Waals surface area contributed by atoms with Crippen LogP contribution in [0.2, 0.25) is 0 Å². The first kappa shape index (κ1) is 8.50. The zero-order valence-corrected chi connectivity index (χ0v) is 7.56. The zero-order valence-electron chi connectivity index (χ0n) is 5.01. The number of rotatable bonds is 0. The van der Waals surface area contributed by atoms with Gasteiger partial charge in [0.25, 0.3) is 0 Å². The minimum atomic E-state index is -0.421. The molecule has 0 aromatic carbocycles. The highest BCUT2D eigenvalue weighted by Crippen LogP contribution is 2.32. The van der Waals surface area contributed by atoms with Crippen molar-refractivity contribution in [1.29, 1.82) is 0 Å². The summed E-state index contributed by atoms with van der Waals surface area (Å²) >= 11 is 13.5. The smallest absolute Gasteiger partial charge is 0.150 e. The van der Waals surface area contributed by atoms with Crippen molar-refractivity contribution in [3.8, 4) is 0 Å². The van der Waals surface area contributed by atoms with E-state index in [1.807, 2.05) is 0 Å². The van der Waals surface area contributed by atoms with Crippen molar-refractivity contribution in [2.45, 2.75) is 11.7 Å². The number of hydrogen-bond donors (Lipinski definition) is 2. The number of hydrogen-bond acceptors (Lipinski definition) is 2. The van der Waals surface area contributed by atoms with Gasteiger partial charge < -0.3 is 0 Å². The molecule has 0 saturated heterocycles. The van der Waals surface area contributed by atoms with Crippen LogP contribution in [0.4, 0.5) is 4.39 Å². The molecular weight excluding hydrogens is 191 g/mol. The first-order chi connectivity index (χ1) is 4.61. The molecule has 1 unspecified atom stereocenters. The van der Waals surface area contributed by atoms with Gasteiger partial charge in [-0.15, -0.1) is 12.6 Å². The van der Waals surface area contributed by atoms with E-state index in [1.165, 1.54) is 0 Å². The predicted molar refractivity (Wildman–Crippen MR) is 48.4 cm³/mol. The summed E-state index contributed by atoms with van der Waals surface area (Å²) in [4.78, 5) is 0.382. The molecule has 0 radical (unpaired) electrons.